The summed E-state index contributed by atoms with van der Waals surface area (Å²) in [7, 11) is 0. The second kappa shape index (κ2) is 6.13. The van der Waals surface area contributed by atoms with Gasteiger partial charge in [0.25, 0.3) is 0 Å². The Morgan fingerprint density at radius 1 is 1.42 bits per heavy atom. The zero-order valence-corrected chi connectivity index (χ0v) is 14.0. The zero-order chi connectivity index (χ0) is 14.0. The zero-order valence-electron chi connectivity index (χ0n) is 11.7. The van der Waals surface area contributed by atoms with Crippen molar-refractivity contribution in [2.24, 2.45) is 5.92 Å². The normalized spacial score (nSPS) is 23.8. The largest absolute Gasteiger partial charge is 0.373 e. The van der Waals surface area contributed by atoms with Crippen LogP contribution in [0.5, 0.6) is 0 Å². The van der Waals surface area contributed by atoms with E-state index in [1.165, 1.54) is 0 Å². The fraction of sp³-hybridized carbons (Fsp3) is 0.600. The molecule has 1 heterocycles. The third-order valence-electron chi connectivity index (χ3n) is 3.37. The standard InChI is InChI=1S/C15H21BrClNO/c1-15(2,3)18-9-10-6-7-19-14(10)12-8-11(17)4-5-13(12)16/h4-5,8,10,14,18H,6-7,9H2,1-3H3. The number of halogens is 2. The first-order chi connectivity index (χ1) is 8.87. The quantitative estimate of drug-likeness (QED) is 0.865. The molecule has 2 rings (SSSR count). The van der Waals surface area contributed by atoms with E-state index in [0.717, 1.165) is 34.6 Å². The molecule has 1 aromatic carbocycles. The molecule has 0 aliphatic carbocycles. The van der Waals surface area contributed by atoms with Crippen LogP contribution in [-0.4, -0.2) is 18.7 Å². The van der Waals surface area contributed by atoms with E-state index in [4.69, 9.17) is 16.3 Å². The molecule has 0 amide bonds. The van der Waals surface area contributed by atoms with Crippen LogP contribution in [0.15, 0.2) is 22.7 Å². The van der Waals surface area contributed by atoms with Crippen LogP contribution in [-0.2, 0) is 4.74 Å². The van der Waals surface area contributed by atoms with E-state index in [2.05, 4.69) is 42.0 Å². The number of hydrogen-bond acceptors (Lipinski definition) is 2. The molecule has 2 atom stereocenters. The Hall–Kier alpha value is -0.0900. The van der Waals surface area contributed by atoms with Gasteiger partial charge in [-0.2, -0.15) is 0 Å². The van der Waals surface area contributed by atoms with Crippen LogP contribution in [0.2, 0.25) is 5.02 Å². The van der Waals surface area contributed by atoms with Crippen molar-refractivity contribution in [3.8, 4) is 0 Å². The summed E-state index contributed by atoms with van der Waals surface area (Å²) >= 11 is 9.70. The van der Waals surface area contributed by atoms with Gasteiger partial charge in [-0.1, -0.05) is 27.5 Å². The van der Waals surface area contributed by atoms with E-state index in [9.17, 15) is 0 Å². The van der Waals surface area contributed by atoms with Gasteiger partial charge in [0.15, 0.2) is 0 Å². The van der Waals surface area contributed by atoms with Crippen LogP contribution in [0.1, 0.15) is 38.9 Å². The Balaban J connectivity index is 2.12. The van der Waals surface area contributed by atoms with E-state index in [-0.39, 0.29) is 11.6 Å². The summed E-state index contributed by atoms with van der Waals surface area (Å²) in [6.07, 6.45) is 1.22. The Kier molecular flexibility index (Phi) is 4.93. The van der Waals surface area contributed by atoms with Crippen molar-refractivity contribution >= 4 is 27.5 Å². The topological polar surface area (TPSA) is 21.3 Å². The van der Waals surface area contributed by atoms with E-state index in [1.807, 2.05) is 18.2 Å². The predicted octanol–water partition coefficient (Wildman–Crippen LogP) is 4.57. The van der Waals surface area contributed by atoms with Gasteiger partial charge in [0, 0.05) is 34.1 Å². The van der Waals surface area contributed by atoms with Gasteiger partial charge in [0.2, 0.25) is 0 Å². The first-order valence-corrected chi connectivity index (χ1v) is 7.85. The second-order valence-corrected chi connectivity index (χ2v) is 7.43. The predicted molar refractivity (Wildman–Crippen MR) is 83.7 cm³/mol. The molecule has 1 N–H and O–H groups in total. The molecule has 0 spiro atoms. The van der Waals surface area contributed by atoms with Crippen LogP contribution in [0.4, 0.5) is 0 Å². The van der Waals surface area contributed by atoms with Crippen molar-refractivity contribution < 1.29 is 4.74 Å². The Labute approximate surface area is 129 Å². The van der Waals surface area contributed by atoms with Crippen molar-refractivity contribution in [3.63, 3.8) is 0 Å². The van der Waals surface area contributed by atoms with Crippen molar-refractivity contribution in [2.45, 2.75) is 38.8 Å². The minimum absolute atomic E-state index is 0.128. The lowest BCUT2D eigenvalue weighted by molar-refractivity contribution is 0.0884. The maximum absolute atomic E-state index is 6.10. The van der Waals surface area contributed by atoms with Crippen LogP contribution >= 0.6 is 27.5 Å². The van der Waals surface area contributed by atoms with E-state index in [0.29, 0.717) is 5.92 Å². The van der Waals surface area contributed by atoms with Gasteiger partial charge in [0.05, 0.1) is 6.10 Å². The minimum atomic E-state index is 0.128. The monoisotopic (exact) mass is 345 g/mol. The molecule has 2 nitrogen and oxygen atoms in total. The van der Waals surface area contributed by atoms with Crippen molar-refractivity contribution in [1.29, 1.82) is 0 Å². The summed E-state index contributed by atoms with van der Waals surface area (Å²) in [4.78, 5) is 0. The maximum Gasteiger partial charge on any atom is 0.0877 e. The average molecular weight is 347 g/mol. The third-order valence-corrected chi connectivity index (χ3v) is 4.33. The summed E-state index contributed by atoms with van der Waals surface area (Å²) in [6, 6.07) is 5.89. The van der Waals surface area contributed by atoms with Crippen molar-refractivity contribution in [3.05, 3.63) is 33.3 Å². The molecule has 4 heteroatoms. The number of hydrogen-bond donors (Lipinski definition) is 1. The fourth-order valence-electron chi connectivity index (χ4n) is 2.36. The molecule has 2 unspecified atom stereocenters. The van der Waals surface area contributed by atoms with Gasteiger partial charge in [-0.3, -0.25) is 0 Å². The minimum Gasteiger partial charge on any atom is -0.373 e. The SMILES string of the molecule is CC(C)(C)NCC1CCOC1c1cc(Cl)ccc1Br. The molecular weight excluding hydrogens is 326 g/mol. The molecule has 1 fully saturated rings. The highest BCUT2D eigenvalue weighted by Crippen LogP contribution is 2.38. The highest BCUT2D eigenvalue weighted by Gasteiger charge is 2.31. The summed E-state index contributed by atoms with van der Waals surface area (Å²) in [5.41, 5.74) is 1.30. The fourth-order valence-corrected chi connectivity index (χ4v) is 3.01. The highest BCUT2D eigenvalue weighted by molar-refractivity contribution is 9.10. The molecule has 1 aliphatic rings. The number of benzene rings is 1. The highest BCUT2D eigenvalue weighted by atomic mass is 79.9. The molecular formula is C15H21BrClNO. The molecule has 0 aromatic heterocycles. The molecule has 0 saturated carbocycles. The molecule has 1 aliphatic heterocycles. The lowest BCUT2D eigenvalue weighted by Crippen LogP contribution is -2.39. The first kappa shape index (κ1) is 15.3. The van der Waals surface area contributed by atoms with Crippen LogP contribution in [0.3, 0.4) is 0 Å². The van der Waals surface area contributed by atoms with Gasteiger partial charge in [-0.25, -0.2) is 0 Å². The van der Waals surface area contributed by atoms with Crippen LogP contribution in [0, 0.1) is 5.92 Å². The number of ether oxygens (including phenoxy) is 1. The van der Waals surface area contributed by atoms with Gasteiger partial charge < -0.3 is 10.1 Å². The van der Waals surface area contributed by atoms with Gasteiger partial charge in [-0.15, -0.1) is 0 Å². The lowest BCUT2D eigenvalue weighted by atomic mass is 9.94. The molecule has 19 heavy (non-hydrogen) atoms. The summed E-state index contributed by atoms with van der Waals surface area (Å²) in [6.45, 7) is 8.35. The summed E-state index contributed by atoms with van der Waals surface area (Å²) in [5, 5.41) is 4.33. The molecule has 0 bridgehead atoms. The maximum atomic E-state index is 6.10. The number of nitrogens with one attached hydrogen (secondary N) is 1. The van der Waals surface area contributed by atoms with Crippen LogP contribution < -0.4 is 5.32 Å². The van der Waals surface area contributed by atoms with E-state index in [1.54, 1.807) is 0 Å². The van der Waals surface area contributed by atoms with E-state index >= 15 is 0 Å². The number of rotatable bonds is 3. The summed E-state index contributed by atoms with van der Waals surface area (Å²) in [5.74, 6) is 0.494. The lowest BCUT2D eigenvalue weighted by Gasteiger charge is -2.26. The average Bonchev–Trinajstić information content (AvgIpc) is 2.77. The van der Waals surface area contributed by atoms with Crippen LogP contribution in [0.25, 0.3) is 0 Å². The second-order valence-electron chi connectivity index (χ2n) is 6.14. The molecule has 1 saturated heterocycles. The van der Waals surface area contributed by atoms with Gasteiger partial charge >= 0.3 is 0 Å². The Morgan fingerprint density at radius 2 is 2.16 bits per heavy atom. The Bertz CT molecular complexity index is 444. The smallest absolute Gasteiger partial charge is 0.0877 e. The van der Waals surface area contributed by atoms with Crippen molar-refractivity contribution in [1.82, 2.24) is 5.32 Å². The molecule has 1 aromatic rings. The molecule has 106 valence electrons. The third kappa shape index (κ3) is 4.19. The van der Waals surface area contributed by atoms with E-state index < -0.39 is 0 Å². The molecule has 0 radical (unpaired) electrons. The summed E-state index contributed by atoms with van der Waals surface area (Å²) < 4.78 is 7.00. The van der Waals surface area contributed by atoms with Gasteiger partial charge in [0.1, 0.15) is 0 Å². The first-order valence-electron chi connectivity index (χ1n) is 6.68. The van der Waals surface area contributed by atoms with Crippen molar-refractivity contribution in [2.75, 3.05) is 13.2 Å². The Morgan fingerprint density at radius 3 is 2.84 bits per heavy atom. The van der Waals surface area contributed by atoms with Gasteiger partial charge in [-0.05, 0) is 51.0 Å².